The number of nitrogens with one attached hydrogen (secondary N) is 2. The van der Waals surface area contributed by atoms with Gasteiger partial charge in [0.05, 0.1) is 6.54 Å². The third-order valence-electron chi connectivity index (χ3n) is 5.37. The molecule has 0 aliphatic carbocycles. The summed E-state index contributed by atoms with van der Waals surface area (Å²) in [5.41, 5.74) is 1.32. The van der Waals surface area contributed by atoms with Gasteiger partial charge in [0.1, 0.15) is 19.3 Å². The molecule has 1 fully saturated rings. The fourth-order valence-electron chi connectivity index (χ4n) is 3.76. The van der Waals surface area contributed by atoms with Gasteiger partial charge < -0.3 is 29.6 Å². The lowest BCUT2D eigenvalue weighted by Gasteiger charge is -2.19. The molecule has 0 aromatic heterocycles. The summed E-state index contributed by atoms with van der Waals surface area (Å²) in [4.78, 5) is 38.5. The number of anilines is 1. The van der Waals surface area contributed by atoms with Gasteiger partial charge in [-0.05, 0) is 36.2 Å². The highest BCUT2D eigenvalue weighted by atomic mass is 16.7. The summed E-state index contributed by atoms with van der Waals surface area (Å²) in [6.07, 6.45) is 0.265. The Labute approximate surface area is 183 Å². The fourth-order valence-corrected chi connectivity index (χ4v) is 3.76. The van der Waals surface area contributed by atoms with Crippen molar-refractivity contribution in [3.05, 3.63) is 42.0 Å². The third-order valence-corrected chi connectivity index (χ3v) is 5.37. The minimum Gasteiger partial charge on any atom is -0.486 e. The second kappa shape index (κ2) is 8.29. The number of ether oxygens (including phenoxy) is 4. The van der Waals surface area contributed by atoms with E-state index < -0.39 is 12.1 Å². The van der Waals surface area contributed by atoms with Gasteiger partial charge in [0, 0.05) is 18.2 Å². The molecule has 0 bridgehead atoms. The Bertz CT molecular complexity index is 1090. The predicted octanol–water partition coefficient (Wildman–Crippen LogP) is 2.03. The first-order valence-corrected chi connectivity index (χ1v) is 10.3. The number of hydrogen-bond donors (Lipinski definition) is 2. The van der Waals surface area contributed by atoms with Crippen molar-refractivity contribution in [2.24, 2.45) is 0 Å². The van der Waals surface area contributed by atoms with E-state index in [-0.39, 0.29) is 38.0 Å². The average Bonchev–Trinajstić information content (AvgIpc) is 3.37. The SMILES string of the molecule is O=C(CC[C@H]1NC(=O)N(Cc2ccc3c(c2)OCO3)C1=O)Nc1ccc2c(c1)OCCO2. The molecule has 3 heterocycles. The molecular formula is C22H21N3O7. The van der Waals surface area contributed by atoms with Crippen LogP contribution in [0.4, 0.5) is 10.5 Å². The number of imide groups is 1. The normalized spacial score (nSPS) is 18.5. The molecular weight excluding hydrogens is 418 g/mol. The highest BCUT2D eigenvalue weighted by molar-refractivity contribution is 6.04. The fraction of sp³-hybridized carbons (Fsp3) is 0.318. The van der Waals surface area contributed by atoms with Gasteiger partial charge in [0.15, 0.2) is 23.0 Å². The first kappa shape index (κ1) is 20.0. The summed E-state index contributed by atoms with van der Waals surface area (Å²) in [5.74, 6) is 1.80. The van der Waals surface area contributed by atoms with Gasteiger partial charge in [-0.25, -0.2) is 4.79 Å². The van der Waals surface area contributed by atoms with Gasteiger partial charge in [-0.2, -0.15) is 0 Å². The molecule has 0 unspecified atom stereocenters. The van der Waals surface area contributed by atoms with E-state index in [4.69, 9.17) is 18.9 Å². The van der Waals surface area contributed by atoms with Gasteiger partial charge in [-0.1, -0.05) is 6.07 Å². The number of amides is 4. The number of nitrogens with zero attached hydrogens (tertiary/aromatic N) is 1. The summed E-state index contributed by atoms with van der Waals surface area (Å²) >= 11 is 0. The molecule has 1 saturated heterocycles. The molecule has 2 aromatic carbocycles. The summed E-state index contributed by atoms with van der Waals surface area (Å²) in [5, 5.41) is 5.43. The van der Waals surface area contributed by atoms with Gasteiger partial charge in [0.2, 0.25) is 12.7 Å². The Kier molecular flexibility index (Phi) is 5.18. The Morgan fingerprint density at radius 2 is 1.69 bits per heavy atom. The number of fused-ring (bicyclic) bond motifs is 2. The molecule has 0 saturated carbocycles. The van der Waals surface area contributed by atoms with Crippen molar-refractivity contribution in [1.29, 1.82) is 0 Å². The lowest BCUT2D eigenvalue weighted by Crippen LogP contribution is -2.31. The first-order chi connectivity index (χ1) is 15.6. The minimum atomic E-state index is -0.748. The van der Waals surface area contributed by atoms with Crippen LogP contribution in [-0.4, -0.2) is 48.8 Å². The summed E-state index contributed by atoms with van der Waals surface area (Å²) < 4.78 is 21.6. The average molecular weight is 439 g/mol. The molecule has 3 aliphatic rings. The maximum atomic E-state index is 12.7. The van der Waals surface area contributed by atoms with Crippen molar-refractivity contribution in [3.63, 3.8) is 0 Å². The van der Waals surface area contributed by atoms with E-state index >= 15 is 0 Å². The molecule has 2 N–H and O–H groups in total. The molecule has 0 spiro atoms. The van der Waals surface area contributed by atoms with E-state index in [0.29, 0.717) is 41.9 Å². The van der Waals surface area contributed by atoms with Crippen LogP contribution in [0, 0.1) is 0 Å². The lowest BCUT2D eigenvalue weighted by molar-refractivity contribution is -0.128. The van der Waals surface area contributed by atoms with Gasteiger partial charge in [0.25, 0.3) is 5.91 Å². The summed E-state index contributed by atoms with van der Waals surface area (Å²) in [7, 11) is 0. The van der Waals surface area contributed by atoms with E-state index in [1.54, 1.807) is 36.4 Å². The molecule has 10 heteroatoms. The van der Waals surface area contributed by atoms with E-state index in [0.717, 1.165) is 10.5 Å². The van der Waals surface area contributed by atoms with E-state index in [9.17, 15) is 14.4 Å². The molecule has 5 rings (SSSR count). The van der Waals surface area contributed by atoms with Crippen LogP contribution >= 0.6 is 0 Å². The number of benzene rings is 2. The molecule has 1 atom stereocenters. The van der Waals surface area contributed by atoms with Gasteiger partial charge in [-0.3, -0.25) is 14.5 Å². The second-order valence-corrected chi connectivity index (χ2v) is 7.56. The number of carbonyl (C=O) groups is 3. The number of hydrogen-bond acceptors (Lipinski definition) is 7. The van der Waals surface area contributed by atoms with Crippen molar-refractivity contribution >= 4 is 23.5 Å². The van der Waals surface area contributed by atoms with Crippen LogP contribution in [0.1, 0.15) is 18.4 Å². The van der Waals surface area contributed by atoms with E-state index in [1.165, 1.54) is 0 Å². The molecule has 32 heavy (non-hydrogen) atoms. The second-order valence-electron chi connectivity index (χ2n) is 7.56. The first-order valence-electron chi connectivity index (χ1n) is 10.3. The largest absolute Gasteiger partial charge is 0.486 e. The highest BCUT2D eigenvalue weighted by Crippen LogP contribution is 2.34. The zero-order chi connectivity index (χ0) is 22.1. The van der Waals surface area contributed by atoms with Crippen LogP contribution in [0.2, 0.25) is 0 Å². The molecule has 2 aromatic rings. The maximum Gasteiger partial charge on any atom is 0.325 e. The van der Waals surface area contributed by atoms with Crippen molar-refractivity contribution in [3.8, 4) is 23.0 Å². The maximum absolute atomic E-state index is 12.7. The van der Waals surface area contributed by atoms with Crippen LogP contribution in [0.25, 0.3) is 0 Å². The molecule has 3 aliphatic heterocycles. The van der Waals surface area contributed by atoms with Crippen LogP contribution < -0.4 is 29.6 Å². The number of urea groups is 1. The monoisotopic (exact) mass is 439 g/mol. The van der Waals surface area contributed by atoms with Crippen LogP contribution in [-0.2, 0) is 16.1 Å². The number of rotatable bonds is 6. The molecule has 10 nitrogen and oxygen atoms in total. The van der Waals surface area contributed by atoms with Crippen LogP contribution in [0.15, 0.2) is 36.4 Å². The molecule has 0 radical (unpaired) electrons. The quantitative estimate of drug-likeness (QED) is 0.662. The minimum absolute atomic E-state index is 0.0724. The van der Waals surface area contributed by atoms with Gasteiger partial charge in [-0.15, -0.1) is 0 Å². The predicted molar refractivity (Wildman–Crippen MR) is 111 cm³/mol. The Hall–Kier alpha value is -3.95. The van der Waals surface area contributed by atoms with Crippen molar-refractivity contribution in [1.82, 2.24) is 10.2 Å². The standard InChI is InChI=1S/C22H21N3O7/c26-20(23-14-2-5-16-19(10-14)30-8-7-29-16)6-3-15-21(27)25(22(28)24-15)11-13-1-4-17-18(9-13)32-12-31-17/h1-2,4-5,9-10,15H,3,6-8,11-12H2,(H,23,26)(H,24,28)/t15-/m1/s1. The Morgan fingerprint density at radius 3 is 2.56 bits per heavy atom. The highest BCUT2D eigenvalue weighted by Gasteiger charge is 2.38. The Morgan fingerprint density at radius 1 is 0.969 bits per heavy atom. The smallest absolute Gasteiger partial charge is 0.325 e. The van der Waals surface area contributed by atoms with Crippen molar-refractivity contribution in [2.45, 2.75) is 25.4 Å². The third kappa shape index (κ3) is 3.98. The molecule has 166 valence electrons. The van der Waals surface area contributed by atoms with Gasteiger partial charge >= 0.3 is 6.03 Å². The zero-order valence-corrected chi connectivity index (χ0v) is 17.1. The van der Waals surface area contributed by atoms with E-state index in [1.807, 2.05) is 0 Å². The van der Waals surface area contributed by atoms with Crippen molar-refractivity contribution in [2.75, 3.05) is 25.3 Å². The zero-order valence-electron chi connectivity index (χ0n) is 17.1. The van der Waals surface area contributed by atoms with E-state index in [2.05, 4.69) is 10.6 Å². The van der Waals surface area contributed by atoms with Crippen LogP contribution in [0.5, 0.6) is 23.0 Å². The van der Waals surface area contributed by atoms with Crippen LogP contribution in [0.3, 0.4) is 0 Å². The Balaban J connectivity index is 1.15. The topological polar surface area (TPSA) is 115 Å². The van der Waals surface area contributed by atoms with Crippen molar-refractivity contribution < 1.29 is 33.3 Å². The summed E-state index contributed by atoms with van der Waals surface area (Å²) in [6, 6.07) is 9.20. The summed E-state index contributed by atoms with van der Waals surface area (Å²) in [6.45, 7) is 1.21. The number of carbonyl (C=O) groups excluding carboxylic acids is 3. The molecule has 4 amide bonds. The lowest BCUT2D eigenvalue weighted by atomic mass is 10.1.